The summed E-state index contributed by atoms with van der Waals surface area (Å²) in [6.07, 6.45) is 7.94. The minimum absolute atomic E-state index is 0.0652. The number of likely N-dealkylation sites (tertiary alicyclic amines) is 1. The lowest BCUT2D eigenvalue weighted by Gasteiger charge is -2.36. The van der Waals surface area contributed by atoms with E-state index in [2.05, 4.69) is 10.3 Å². The van der Waals surface area contributed by atoms with E-state index < -0.39 is 6.10 Å². The first-order chi connectivity index (χ1) is 12.1. The SMILES string of the molecule is O=C(N[C@@H]1CCN(C(=O)c2ccccn2)C[C@H]1O)C1CCCCCC1. The molecule has 136 valence electrons. The van der Waals surface area contributed by atoms with Gasteiger partial charge in [0.05, 0.1) is 12.1 Å². The molecule has 2 atom stereocenters. The quantitative estimate of drug-likeness (QED) is 0.818. The molecule has 0 spiro atoms. The van der Waals surface area contributed by atoms with Gasteiger partial charge >= 0.3 is 0 Å². The predicted molar refractivity (Wildman–Crippen MR) is 93.9 cm³/mol. The van der Waals surface area contributed by atoms with Gasteiger partial charge in [-0.1, -0.05) is 31.7 Å². The third-order valence-corrected chi connectivity index (χ3v) is 5.31. The molecule has 2 fully saturated rings. The highest BCUT2D eigenvalue weighted by molar-refractivity contribution is 5.92. The van der Waals surface area contributed by atoms with E-state index >= 15 is 0 Å². The molecule has 1 aromatic rings. The van der Waals surface area contributed by atoms with Crippen molar-refractivity contribution in [2.45, 2.75) is 57.1 Å². The van der Waals surface area contributed by atoms with Gasteiger partial charge in [-0.2, -0.15) is 0 Å². The Balaban J connectivity index is 1.53. The minimum Gasteiger partial charge on any atom is -0.389 e. The zero-order valence-electron chi connectivity index (χ0n) is 14.6. The van der Waals surface area contributed by atoms with E-state index in [1.807, 2.05) is 0 Å². The summed E-state index contributed by atoms with van der Waals surface area (Å²) in [6.45, 7) is 0.743. The average Bonchev–Trinajstić information content (AvgIpc) is 2.93. The first-order valence-corrected chi connectivity index (χ1v) is 9.34. The lowest BCUT2D eigenvalue weighted by molar-refractivity contribution is -0.127. The normalized spacial score (nSPS) is 25.2. The summed E-state index contributed by atoms with van der Waals surface area (Å²) in [7, 11) is 0. The Labute approximate surface area is 148 Å². The lowest BCUT2D eigenvalue weighted by atomic mass is 9.96. The summed E-state index contributed by atoms with van der Waals surface area (Å²) < 4.78 is 0. The first kappa shape index (κ1) is 17.9. The fraction of sp³-hybridized carbons (Fsp3) is 0.632. The summed E-state index contributed by atoms with van der Waals surface area (Å²) in [6, 6.07) is 4.94. The minimum atomic E-state index is -0.740. The molecule has 1 aromatic heterocycles. The van der Waals surface area contributed by atoms with Crippen LogP contribution in [0.1, 0.15) is 55.4 Å². The Morgan fingerprint density at radius 3 is 2.52 bits per heavy atom. The topological polar surface area (TPSA) is 82.5 Å². The zero-order valence-corrected chi connectivity index (χ0v) is 14.6. The van der Waals surface area contributed by atoms with Crippen LogP contribution >= 0.6 is 0 Å². The summed E-state index contributed by atoms with van der Waals surface area (Å²) in [4.78, 5) is 30.6. The number of nitrogens with zero attached hydrogens (tertiary/aromatic N) is 2. The van der Waals surface area contributed by atoms with Crippen molar-refractivity contribution in [3.8, 4) is 0 Å². The van der Waals surface area contributed by atoms with Crippen LogP contribution in [0.2, 0.25) is 0 Å². The van der Waals surface area contributed by atoms with E-state index in [-0.39, 0.29) is 30.3 Å². The van der Waals surface area contributed by atoms with Gasteiger partial charge in [0, 0.05) is 25.2 Å². The van der Waals surface area contributed by atoms with Gasteiger partial charge in [-0.25, -0.2) is 0 Å². The molecule has 6 nitrogen and oxygen atoms in total. The molecule has 1 aliphatic heterocycles. The number of amides is 2. The number of aliphatic hydroxyl groups excluding tert-OH is 1. The molecule has 3 rings (SSSR count). The number of aromatic nitrogens is 1. The number of hydrogen-bond donors (Lipinski definition) is 2. The Kier molecular flexibility index (Phi) is 6.02. The van der Waals surface area contributed by atoms with Crippen LogP contribution in [-0.2, 0) is 4.79 Å². The summed E-state index contributed by atoms with van der Waals surface area (Å²) >= 11 is 0. The molecule has 0 unspecified atom stereocenters. The van der Waals surface area contributed by atoms with Crippen LogP contribution in [0, 0.1) is 5.92 Å². The number of carbonyl (C=O) groups excluding carboxylic acids is 2. The molecule has 2 amide bonds. The van der Waals surface area contributed by atoms with Crippen molar-refractivity contribution >= 4 is 11.8 Å². The third kappa shape index (κ3) is 4.57. The fourth-order valence-electron chi connectivity index (χ4n) is 3.78. The number of carbonyl (C=O) groups is 2. The van der Waals surface area contributed by atoms with Crippen LogP contribution in [0.25, 0.3) is 0 Å². The van der Waals surface area contributed by atoms with E-state index in [4.69, 9.17) is 0 Å². The highest BCUT2D eigenvalue weighted by Gasteiger charge is 2.33. The summed E-state index contributed by atoms with van der Waals surface area (Å²) in [5.74, 6) is -0.0356. The van der Waals surface area contributed by atoms with Crippen LogP contribution in [0.3, 0.4) is 0 Å². The molecule has 1 saturated carbocycles. The summed E-state index contributed by atoms with van der Waals surface area (Å²) in [5.41, 5.74) is 0.385. The Morgan fingerprint density at radius 2 is 1.88 bits per heavy atom. The second-order valence-corrected chi connectivity index (χ2v) is 7.13. The number of hydrogen-bond acceptors (Lipinski definition) is 4. The van der Waals surface area contributed by atoms with Crippen molar-refractivity contribution in [2.75, 3.05) is 13.1 Å². The molecular formula is C19H27N3O3. The molecule has 25 heavy (non-hydrogen) atoms. The maximum absolute atomic E-state index is 12.5. The number of nitrogens with one attached hydrogen (secondary N) is 1. The fourth-order valence-corrected chi connectivity index (χ4v) is 3.78. The predicted octanol–water partition coefficient (Wildman–Crippen LogP) is 1.74. The molecule has 2 heterocycles. The van der Waals surface area contributed by atoms with Crippen LogP contribution in [0.15, 0.2) is 24.4 Å². The summed E-state index contributed by atoms with van der Waals surface area (Å²) in [5, 5.41) is 13.4. The largest absolute Gasteiger partial charge is 0.389 e. The van der Waals surface area contributed by atoms with E-state index in [0.717, 1.165) is 25.7 Å². The van der Waals surface area contributed by atoms with Crippen molar-refractivity contribution in [3.63, 3.8) is 0 Å². The number of rotatable bonds is 3. The molecule has 1 saturated heterocycles. The van der Waals surface area contributed by atoms with Crippen LogP contribution < -0.4 is 5.32 Å². The van der Waals surface area contributed by atoms with Gasteiger partial charge in [-0.05, 0) is 31.4 Å². The molecule has 0 bridgehead atoms. The maximum atomic E-state index is 12.5. The van der Waals surface area contributed by atoms with Gasteiger partial charge in [0.2, 0.25) is 5.91 Å². The molecule has 6 heteroatoms. The Hall–Kier alpha value is -1.95. The van der Waals surface area contributed by atoms with Crippen molar-refractivity contribution in [1.82, 2.24) is 15.2 Å². The van der Waals surface area contributed by atoms with Gasteiger partial charge < -0.3 is 15.3 Å². The average molecular weight is 345 g/mol. The highest BCUT2D eigenvalue weighted by Crippen LogP contribution is 2.23. The first-order valence-electron chi connectivity index (χ1n) is 9.34. The van der Waals surface area contributed by atoms with Gasteiger partial charge in [0.1, 0.15) is 5.69 Å². The second kappa shape index (κ2) is 8.43. The Morgan fingerprint density at radius 1 is 1.12 bits per heavy atom. The van der Waals surface area contributed by atoms with Crippen LogP contribution in [0.4, 0.5) is 0 Å². The standard InChI is InChI=1S/C19H27N3O3/c23-17-13-22(19(25)16-9-5-6-11-20-16)12-10-15(17)21-18(24)14-7-3-1-2-4-8-14/h5-6,9,11,14-15,17,23H,1-4,7-8,10,12-13H2,(H,21,24)/t15-,17-/m1/s1. The van der Waals surface area contributed by atoms with E-state index in [1.54, 1.807) is 29.3 Å². The maximum Gasteiger partial charge on any atom is 0.272 e. The second-order valence-electron chi connectivity index (χ2n) is 7.13. The number of piperidine rings is 1. The highest BCUT2D eigenvalue weighted by atomic mass is 16.3. The molecule has 2 N–H and O–H groups in total. The molecule has 2 aliphatic rings. The van der Waals surface area contributed by atoms with E-state index in [0.29, 0.717) is 18.7 Å². The lowest BCUT2D eigenvalue weighted by Crippen LogP contribution is -2.56. The van der Waals surface area contributed by atoms with Crippen molar-refractivity contribution in [3.05, 3.63) is 30.1 Å². The third-order valence-electron chi connectivity index (χ3n) is 5.31. The van der Waals surface area contributed by atoms with E-state index in [1.165, 1.54) is 12.8 Å². The zero-order chi connectivity index (χ0) is 17.6. The van der Waals surface area contributed by atoms with Crippen molar-refractivity contribution in [1.29, 1.82) is 0 Å². The Bertz CT molecular complexity index is 585. The van der Waals surface area contributed by atoms with Gasteiger partial charge in [0.25, 0.3) is 5.91 Å². The van der Waals surface area contributed by atoms with Crippen molar-refractivity contribution < 1.29 is 14.7 Å². The molecule has 0 aromatic carbocycles. The van der Waals surface area contributed by atoms with Crippen LogP contribution in [0.5, 0.6) is 0 Å². The number of pyridine rings is 1. The smallest absolute Gasteiger partial charge is 0.272 e. The molecule has 1 aliphatic carbocycles. The number of aliphatic hydroxyl groups is 1. The molecule has 0 radical (unpaired) electrons. The van der Waals surface area contributed by atoms with E-state index in [9.17, 15) is 14.7 Å². The van der Waals surface area contributed by atoms with Gasteiger partial charge in [-0.15, -0.1) is 0 Å². The monoisotopic (exact) mass is 345 g/mol. The van der Waals surface area contributed by atoms with Gasteiger partial charge in [-0.3, -0.25) is 14.6 Å². The number of β-amino-alcohol motifs (C(OH)–C–C–N with tert-alkyl or cyclic N) is 1. The molecular weight excluding hydrogens is 318 g/mol. The van der Waals surface area contributed by atoms with Crippen molar-refractivity contribution in [2.24, 2.45) is 5.92 Å². The van der Waals surface area contributed by atoms with Crippen LogP contribution in [-0.4, -0.2) is 52.0 Å². The van der Waals surface area contributed by atoms with Gasteiger partial charge in [0.15, 0.2) is 0 Å².